The highest BCUT2D eigenvalue weighted by Crippen LogP contribution is 2.20. The van der Waals surface area contributed by atoms with Crippen LogP contribution in [-0.4, -0.2) is 27.2 Å². The summed E-state index contributed by atoms with van der Waals surface area (Å²) in [5.74, 6) is -0.685. The number of carbonyl (C=O) groups excluding carboxylic acids is 1. The van der Waals surface area contributed by atoms with Gasteiger partial charge in [-0.3, -0.25) is 4.79 Å². The first-order valence-corrected chi connectivity index (χ1v) is 4.32. The predicted octanol–water partition coefficient (Wildman–Crippen LogP) is -1.15. The van der Waals surface area contributed by atoms with Crippen LogP contribution in [0, 0.1) is 6.92 Å². The molecule has 0 saturated heterocycles. The van der Waals surface area contributed by atoms with Crippen LogP contribution in [0.2, 0.25) is 0 Å². The number of pyridine rings is 1. The van der Waals surface area contributed by atoms with Crippen molar-refractivity contribution in [2.45, 2.75) is 19.1 Å². The van der Waals surface area contributed by atoms with Crippen LogP contribution in [0.4, 0.5) is 5.82 Å². The first kappa shape index (κ1) is 11.4. The van der Waals surface area contributed by atoms with Gasteiger partial charge in [0.1, 0.15) is 11.9 Å². The summed E-state index contributed by atoms with van der Waals surface area (Å²) in [5, 5.41) is 18.9. The lowest BCUT2D eigenvalue weighted by Crippen LogP contribution is -2.34. The number of anilines is 1. The van der Waals surface area contributed by atoms with Gasteiger partial charge in [-0.05, 0) is 13.0 Å². The van der Waals surface area contributed by atoms with E-state index in [1.165, 1.54) is 12.1 Å². The molecule has 0 fully saturated rings. The summed E-state index contributed by atoms with van der Waals surface area (Å²) in [5.41, 5.74) is 11.1. The van der Waals surface area contributed by atoms with Crippen molar-refractivity contribution in [3.05, 3.63) is 23.4 Å². The molecule has 0 aliphatic heterocycles. The molecule has 6 nitrogen and oxygen atoms in total. The average Bonchev–Trinajstić information content (AvgIpc) is 2.15. The SMILES string of the molecule is Cc1nc(N)ccc1C(O)C(O)C(N)=O. The summed E-state index contributed by atoms with van der Waals surface area (Å²) in [6.07, 6.45) is -3.02. The number of hydrogen-bond donors (Lipinski definition) is 4. The van der Waals surface area contributed by atoms with E-state index in [0.717, 1.165) is 0 Å². The fourth-order valence-electron chi connectivity index (χ4n) is 1.23. The second-order valence-corrected chi connectivity index (χ2v) is 3.20. The largest absolute Gasteiger partial charge is 0.385 e. The Hall–Kier alpha value is -1.66. The molecule has 0 saturated carbocycles. The molecule has 6 N–H and O–H groups in total. The first-order valence-electron chi connectivity index (χ1n) is 4.32. The Bertz CT molecular complexity index is 381. The highest BCUT2D eigenvalue weighted by atomic mass is 16.3. The Morgan fingerprint density at radius 1 is 1.47 bits per heavy atom. The quantitative estimate of drug-likeness (QED) is 0.503. The van der Waals surface area contributed by atoms with E-state index < -0.39 is 18.1 Å². The van der Waals surface area contributed by atoms with Crippen LogP contribution in [0.25, 0.3) is 0 Å². The number of aromatic nitrogens is 1. The van der Waals surface area contributed by atoms with Crippen LogP contribution in [0.5, 0.6) is 0 Å². The van der Waals surface area contributed by atoms with Crippen LogP contribution in [0.3, 0.4) is 0 Å². The standard InChI is InChI=1S/C9H13N3O3/c1-4-5(2-3-6(10)12-4)7(13)8(14)9(11)15/h2-3,7-8,13-14H,1H3,(H2,10,12)(H2,11,15). The zero-order valence-corrected chi connectivity index (χ0v) is 8.21. The summed E-state index contributed by atoms with van der Waals surface area (Å²) >= 11 is 0. The first-order chi connectivity index (χ1) is 6.93. The molecule has 1 rings (SSSR count). The lowest BCUT2D eigenvalue weighted by Gasteiger charge is -2.16. The third-order valence-corrected chi connectivity index (χ3v) is 2.06. The van der Waals surface area contributed by atoms with Crippen molar-refractivity contribution in [2.75, 3.05) is 5.73 Å². The predicted molar refractivity (Wildman–Crippen MR) is 53.5 cm³/mol. The number of aliphatic hydroxyl groups is 2. The monoisotopic (exact) mass is 211 g/mol. The third-order valence-electron chi connectivity index (χ3n) is 2.06. The van der Waals surface area contributed by atoms with Gasteiger partial charge in [-0.2, -0.15) is 0 Å². The van der Waals surface area contributed by atoms with Crippen LogP contribution in [-0.2, 0) is 4.79 Å². The number of aryl methyl sites for hydroxylation is 1. The lowest BCUT2D eigenvalue weighted by atomic mass is 10.0. The van der Waals surface area contributed by atoms with E-state index in [2.05, 4.69) is 4.98 Å². The van der Waals surface area contributed by atoms with Gasteiger partial charge in [0.25, 0.3) is 0 Å². The van der Waals surface area contributed by atoms with Crippen LogP contribution in [0.15, 0.2) is 12.1 Å². The van der Waals surface area contributed by atoms with Crippen molar-refractivity contribution in [1.82, 2.24) is 4.98 Å². The number of nitrogens with zero attached hydrogens (tertiary/aromatic N) is 1. The molecule has 1 aromatic heterocycles. The molecule has 2 unspecified atom stereocenters. The van der Waals surface area contributed by atoms with E-state index in [0.29, 0.717) is 17.1 Å². The molecular formula is C9H13N3O3. The number of amides is 1. The zero-order chi connectivity index (χ0) is 11.6. The van der Waals surface area contributed by atoms with Gasteiger partial charge in [-0.15, -0.1) is 0 Å². The number of primary amides is 1. The lowest BCUT2D eigenvalue weighted by molar-refractivity contribution is -0.132. The van der Waals surface area contributed by atoms with Crippen molar-refractivity contribution in [3.63, 3.8) is 0 Å². The Kier molecular flexibility index (Phi) is 3.23. The number of hydrogen-bond acceptors (Lipinski definition) is 5. The molecule has 6 heteroatoms. The van der Waals surface area contributed by atoms with E-state index >= 15 is 0 Å². The summed E-state index contributed by atoms with van der Waals surface area (Å²) in [7, 11) is 0. The molecular weight excluding hydrogens is 198 g/mol. The maximum absolute atomic E-state index is 10.7. The minimum Gasteiger partial charge on any atom is -0.385 e. The zero-order valence-electron chi connectivity index (χ0n) is 8.21. The van der Waals surface area contributed by atoms with Gasteiger partial charge >= 0.3 is 0 Å². The molecule has 0 aliphatic rings. The van der Waals surface area contributed by atoms with Crippen LogP contribution < -0.4 is 11.5 Å². The van der Waals surface area contributed by atoms with E-state index in [1.807, 2.05) is 0 Å². The molecule has 0 radical (unpaired) electrons. The molecule has 1 amide bonds. The van der Waals surface area contributed by atoms with Gasteiger partial charge in [0.05, 0.1) is 0 Å². The van der Waals surface area contributed by atoms with Gasteiger partial charge in [0, 0.05) is 11.3 Å². The summed E-state index contributed by atoms with van der Waals surface area (Å²) in [6.45, 7) is 1.61. The van der Waals surface area contributed by atoms with E-state index in [9.17, 15) is 15.0 Å². The van der Waals surface area contributed by atoms with Gasteiger partial charge in [-0.1, -0.05) is 6.07 Å². The topological polar surface area (TPSA) is 122 Å². The average molecular weight is 211 g/mol. The summed E-state index contributed by atoms with van der Waals surface area (Å²) in [6, 6.07) is 2.97. The summed E-state index contributed by atoms with van der Waals surface area (Å²) < 4.78 is 0. The van der Waals surface area contributed by atoms with Gasteiger partial charge in [-0.25, -0.2) is 4.98 Å². The minimum absolute atomic E-state index is 0.303. The third kappa shape index (κ3) is 2.42. The minimum atomic E-state index is -1.64. The van der Waals surface area contributed by atoms with Crippen molar-refractivity contribution >= 4 is 11.7 Å². The number of nitrogens with two attached hydrogens (primary N) is 2. The molecule has 2 atom stereocenters. The number of carbonyl (C=O) groups is 1. The maximum Gasteiger partial charge on any atom is 0.249 e. The smallest absolute Gasteiger partial charge is 0.249 e. The molecule has 82 valence electrons. The molecule has 0 spiro atoms. The number of rotatable bonds is 3. The molecule has 1 heterocycles. The van der Waals surface area contributed by atoms with Crippen molar-refractivity contribution in [2.24, 2.45) is 5.73 Å². The highest BCUT2D eigenvalue weighted by Gasteiger charge is 2.25. The molecule has 0 aromatic carbocycles. The highest BCUT2D eigenvalue weighted by molar-refractivity contribution is 5.79. The maximum atomic E-state index is 10.7. The molecule has 1 aromatic rings. The van der Waals surface area contributed by atoms with Gasteiger partial charge in [0.15, 0.2) is 6.10 Å². The van der Waals surface area contributed by atoms with Crippen molar-refractivity contribution in [3.8, 4) is 0 Å². The van der Waals surface area contributed by atoms with Gasteiger partial charge in [0.2, 0.25) is 5.91 Å². The molecule has 0 aliphatic carbocycles. The second-order valence-electron chi connectivity index (χ2n) is 3.20. The Balaban J connectivity index is 3.01. The van der Waals surface area contributed by atoms with Crippen molar-refractivity contribution < 1.29 is 15.0 Å². The van der Waals surface area contributed by atoms with Gasteiger partial charge < -0.3 is 21.7 Å². The molecule has 15 heavy (non-hydrogen) atoms. The fourth-order valence-corrected chi connectivity index (χ4v) is 1.23. The Morgan fingerprint density at radius 3 is 2.53 bits per heavy atom. The van der Waals surface area contributed by atoms with Crippen LogP contribution in [0.1, 0.15) is 17.4 Å². The normalized spacial score (nSPS) is 14.6. The van der Waals surface area contributed by atoms with E-state index in [4.69, 9.17) is 11.5 Å². The van der Waals surface area contributed by atoms with Crippen molar-refractivity contribution in [1.29, 1.82) is 0 Å². The number of aliphatic hydroxyl groups excluding tert-OH is 2. The Morgan fingerprint density at radius 2 is 2.07 bits per heavy atom. The van der Waals surface area contributed by atoms with Crippen LogP contribution >= 0.6 is 0 Å². The van der Waals surface area contributed by atoms with E-state index in [-0.39, 0.29) is 0 Å². The number of nitrogen functional groups attached to an aromatic ring is 1. The molecule has 0 bridgehead atoms. The Labute approximate surface area is 86.5 Å². The fraction of sp³-hybridized carbons (Fsp3) is 0.333. The van der Waals surface area contributed by atoms with E-state index in [1.54, 1.807) is 6.92 Å². The second kappa shape index (κ2) is 4.24. The summed E-state index contributed by atoms with van der Waals surface area (Å²) in [4.78, 5) is 14.6.